The number of nitrogens with zero attached hydrogens (tertiary/aromatic N) is 2. The molecule has 1 aromatic carbocycles. The Morgan fingerprint density at radius 3 is 2.62 bits per heavy atom. The maximum atomic E-state index is 11.4. The number of likely N-dealkylation sites (N-methyl/N-ethyl adjacent to an activating group) is 1. The molecule has 1 heterocycles. The molecule has 0 aliphatic carbocycles. The summed E-state index contributed by atoms with van der Waals surface area (Å²) in [5.74, 6) is -2.49. The van der Waals surface area contributed by atoms with Crippen LogP contribution in [0.2, 0.25) is 0 Å². The first-order valence-corrected chi connectivity index (χ1v) is 8.08. The smallest absolute Gasteiger partial charge is 0.419 e. The first-order chi connectivity index (χ1) is 11.4. The molecule has 0 amide bonds. The fourth-order valence-electron chi connectivity index (χ4n) is 2.12. The van der Waals surface area contributed by atoms with Gasteiger partial charge in [-0.2, -0.15) is 0 Å². The fraction of sp³-hybridized carbons (Fsp3) is 0.400. The Hall–Kier alpha value is -2.13. The molecule has 0 saturated heterocycles. The van der Waals surface area contributed by atoms with E-state index in [1.165, 1.54) is 0 Å². The highest BCUT2D eigenvalue weighted by Gasteiger charge is 2.34. The molecule has 0 radical (unpaired) electrons. The second-order valence-electron chi connectivity index (χ2n) is 5.48. The molecule has 3 N–H and O–H groups in total. The largest absolute Gasteiger partial charge is 0.473 e. The van der Waals surface area contributed by atoms with Crippen LogP contribution >= 0.6 is 15.9 Å². The molecule has 0 fully saturated rings. The number of carbonyl (C=O) groups excluding carboxylic acids is 1. The van der Waals surface area contributed by atoms with Gasteiger partial charge in [0, 0.05) is 17.6 Å². The Morgan fingerprint density at radius 2 is 2.04 bits per heavy atom. The van der Waals surface area contributed by atoms with Crippen LogP contribution in [0.3, 0.4) is 0 Å². The van der Waals surface area contributed by atoms with Crippen molar-refractivity contribution in [2.45, 2.75) is 12.3 Å². The van der Waals surface area contributed by atoms with Crippen molar-refractivity contribution in [2.24, 2.45) is 4.99 Å². The maximum absolute atomic E-state index is 11.4. The maximum Gasteiger partial charge on any atom is 0.419 e. The molecular formula is C15H19BrN4O4. The number of rotatable bonds is 5. The van der Waals surface area contributed by atoms with Crippen molar-refractivity contribution in [3.8, 4) is 0 Å². The van der Waals surface area contributed by atoms with E-state index in [2.05, 4.69) is 31.6 Å². The van der Waals surface area contributed by atoms with Crippen molar-refractivity contribution in [2.75, 3.05) is 27.2 Å². The molecule has 2 rings (SSSR count). The Labute approximate surface area is 148 Å². The van der Waals surface area contributed by atoms with Gasteiger partial charge >= 0.3 is 11.9 Å². The van der Waals surface area contributed by atoms with Crippen LogP contribution in [0.5, 0.6) is 0 Å². The number of carbonyl (C=O) groups is 2. The number of hydrogen-bond acceptors (Lipinski definition) is 7. The number of benzene rings is 1. The quantitative estimate of drug-likeness (QED) is 0.491. The zero-order valence-corrected chi connectivity index (χ0v) is 14.9. The van der Waals surface area contributed by atoms with Gasteiger partial charge in [0.2, 0.25) is 6.23 Å². The number of esters is 1. The number of hydrogen-bond donors (Lipinski definition) is 3. The van der Waals surface area contributed by atoms with Crippen molar-refractivity contribution in [3.05, 3.63) is 34.3 Å². The van der Waals surface area contributed by atoms with Crippen LogP contribution < -0.4 is 10.6 Å². The van der Waals surface area contributed by atoms with E-state index < -0.39 is 24.2 Å². The van der Waals surface area contributed by atoms with Gasteiger partial charge in [-0.3, -0.25) is 0 Å². The van der Waals surface area contributed by atoms with Crippen LogP contribution in [0.1, 0.15) is 11.6 Å². The summed E-state index contributed by atoms with van der Waals surface area (Å²) >= 11 is 3.36. The highest BCUT2D eigenvalue weighted by Crippen LogP contribution is 2.27. The summed E-state index contributed by atoms with van der Waals surface area (Å²) in [6, 6.07) is 6.84. The lowest BCUT2D eigenvalue weighted by molar-refractivity contribution is -0.168. The first kappa shape index (κ1) is 18.2. The molecule has 24 heavy (non-hydrogen) atoms. The number of nitrogens with one attached hydrogen (secondary N) is 2. The van der Waals surface area contributed by atoms with Crippen molar-refractivity contribution < 1.29 is 19.4 Å². The van der Waals surface area contributed by atoms with Crippen molar-refractivity contribution in [1.82, 2.24) is 15.5 Å². The third kappa shape index (κ3) is 4.93. The summed E-state index contributed by atoms with van der Waals surface area (Å²) in [5.41, 5.74) is 0.804. The number of aliphatic imine (C=N–C) groups is 1. The van der Waals surface area contributed by atoms with E-state index >= 15 is 0 Å². The second kappa shape index (κ2) is 8.11. The van der Waals surface area contributed by atoms with Crippen LogP contribution in [-0.2, 0) is 14.3 Å². The number of aliphatic carboxylic acids is 1. The van der Waals surface area contributed by atoms with Crippen LogP contribution in [0.25, 0.3) is 0 Å². The lowest BCUT2D eigenvalue weighted by Gasteiger charge is -2.18. The van der Waals surface area contributed by atoms with Crippen LogP contribution in [0.4, 0.5) is 0 Å². The van der Waals surface area contributed by atoms with Crippen LogP contribution in [0.15, 0.2) is 33.7 Å². The van der Waals surface area contributed by atoms with Gasteiger partial charge in [-0.1, -0.05) is 28.1 Å². The summed E-state index contributed by atoms with van der Waals surface area (Å²) in [5, 5.41) is 14.8. The lowest BCUT2D eigenvalue weighted by atomic mass is 10.1. The number of carboxylic acids is 1. The van der Waals surface area contributed by atoms with Gasteiger partial charge in [-0.15, -0.1) is 0 Å². The minimum absolute atomic E-state index is 0.466. The summed E-state index contributed by atoms with van der Waals surface area (Å²) in [6.45, 7) is 1.44. The highest BCUT2D eigenvalue weighted by atomic mass is 79.9. The highest BCUT2D eigenvalue weighted by molar-refractivity contribution is 9.10. The Morgan fingerprint density at radius 1 is 1.38 bits per heavy atom. The summed E-state index contributed by atoms with van der Waals surface area (Å²) < 4.78 is 5.91. The molecule has 1 aromatic rings. The fourth-order valence-corrected chi connectivity index (χ4v) is 2.39. The minimum Gasteiger partial charge on any atom is -0.473 e. The molecule has 130 valence electrons. The van der Waals surface area contributed by atoms with E-state index in [1.54, 1.807) is 0 Å². The Balaban J connectivity index is 2.12. The van der Waals surface area contributed by atoms with Crippen molar-refractivity contribution in [3.63, 3.8) is 0 Å². The molecule has 0 spiro atoms. The molecule has 0 saturated carbocycles. The number of carboxylic acid groups (broad SMARTS) is 1. The van der Waals surface area contributed by atoms with E-state index in [0.29, 0.717) is 12.5 Å². The van der Waals surface area contributed by atoms with Gasteiger partial charge in [0.15, 0.2) is 5.96 Å². The van der Waals surface area contributed by atoms with Gasteiger partial charge in [0.1, 0.15) is 6.04 Å². The number of guanidine groups is 1. The van der Waals surface area contributed by atoms with E-state index in [9.17, 15) is 9.59 Å². The second-order valence-corrected chi connectivity index (χ2v) is 6.40. The Bertz CT molecular complexity index is 633. The number of ether oxygens (including phenoxy) is 1. The van der Waals surface area contributed by atoms with Gasteiger partial charge in [0.25, 0.3) is 0 Å². The van der Waals surface area contributed by atoms with Gasteiger partial charge in [-0.05, 0) is 31.8 Å². The SMILES string of the molecule is CN(C)CCNC1=NC(c2ccc(Br)cc2)C(OC(=O)C(=O)O)N1. The summed E-state index contributed by atoms with van der Waals surface area (Å²) in [6.07, 6.45) is -0.878. The molecule has 2 atom stereocenters. The Kier molecular flexibility index (Phi) is 6.16. The minimum atomic E-state index is -1.64. The standard InChI is InChI=1S/C15H19BrN4O4/c1-20(2)8-7-17-15-18-11(9-3-5-10(16)6-4-9)12(19-15)24-14(23)13(21)22/h3-6,11-12H,7-8H2,1-2H3,(H,21,22)(H2,17,18,19). The molecule has 2 unspecified atom stereocenters. The molecule has 9 heteroatoms. The zero-order valence-electron chi connectivity index (χ0n) is 13.3. The zero-order chi connectivity index (χ0) is 17.7. The number of halogens is 1. The van der Waals surface area contributed by atoms with Crippen LogP contribution in [0, 0.1) is 0 Å². The average molecular weight is 399 g/mol. The van der Waals surface area contributed by atoms with Crippen LogP contribution in [-0.4, -0.2) is 61.3 Å². The van der Waals surface area contributed by atoms with E-state index in [0.717, 1.165) is 16.6 Å². The van der Waals surface area contributed by atoms with Gasteiger partial charge < -0.3 is 25.4 Å². The van der Waals surface area contributed by atoms with Gasteiger partial charge in [0.05, 0.1) is 0 Å². The molecule has 0 aromatic heterocycles. The monoisotopic (exact) mass is 398 g/mol. The molecule has 0 bridgehead atoms. The van der Waals surface area contributed by atoms with Crippen molar-refractivity contribution >= 4 is 33.8 Å². The van der Waals surface area contributed by atoms with E-state index in [-0.39, 0.29) is 0 Å². The molecule has 1 aliphatic heterocycles. The van der Waals surface area contributed by atoms with E-state index in [4.69, 9.17) is 9.84 Å². The molecule has 8 nitrogen and oxygen atoms in total. The summed E-state index contributed by atoms with van der Waals surface area (Å²) in [4.78, 5) is 28.6. The third-order valence-electron chi connectivity index (χ3n) is 3.31. The normalized spacial score (nSPS) is 19.6. The third-order valence-corrected chi connectivity index (χ3v) is 3.83. The summed E-state index contributed by atoms with van der Waals surface area (Å²) in [7, 11) is 3.90. The molecular weight excluding hydrogens is 380 g/mol. The topological polar surface area (TPSA) is 103 Å². The molecule has 1 aliphatic rings. The lowest BCUT2D eigenvalue weighted by Crippen LogP contribution is -2.44. The van der Waals surface area contributed by atoms with Crippen molar-refractivity contribution in [1.29, 1.82) is 0 Å². The predicted octanol–water partition coefficient (Wildman–Crippen LogP) is 0.554. The predicted molar refractivity (Wildman–Crippen MR) is 91.5 cm³/mol. The van der Waals surface area contributed by atoms with Gasteiger partial charge in [-0.25, -0.2) is 14.6 Å². The first-order valence-electron chi connectivity index (χ1n) is 7.29. The van der Waals surface area contributed by atoms with E-state index in [1.807, 2.05) is 43.3 Å². The average Bonchev–Trinajstić information content (AvgIpc) is 2.90.